The molecule has 1 saturated heterocycles. The van der Waals surface area contributed by atoms with Gasteiger partial charge < -0.3 is 39.5 Å². The molecule has 1 aromatic carbocycles. The normalized spacial score (nSPS) is 17.0. The van der Waals surface area contributed by atoms with E-state index in [4.69, 9.17) is 0 Å². The lowest BCUT2D eigenvalue weighted by Gasteiger charge is -2.65. The Balaban J connectivity index is 1.75. The highest BCUT2D eigenvalue weighted by molar-refractivity contribution is 8.25. The molecular weight excluding hydrogens is 453 g/mol. The fourth-order valence-electron chi connectivity index (χ4n) is 3.36. The number of fused-ring (bicyclic) bond motifs is 1. The van der Waals surface area contributed by atoms with Crippen molar-refractivity contribution in [3.05, 3.63) is 59.7 Å². The molecule has 174 valence electrons. The first-order valence-corrected chi connectivity index (χ1v) is 11.5. The van der Waals surface area contributed by atoms with Gasteiger partial charge in [0.05, 0.1) is 0 Å². The lowest BCUT2D eigenvalue weighted by Crippen LogP contribution is -2.36. The number of carbonyl (C=O) groups is 2. The molecular formula is C21H20FN5O5S-2. The van der Waals surface area contributed by atoms with E-state index in [1.165, 1.54) is 54.5 Å². The summed E-state index contributed by atoms with van der Waals surface area (Å²) in [6.07, 6.45) is 1.38. The van der Waals surface area contributed by atoms with Crippen LogP contribution in [-0.4, -0.2) is 66.8 Å². The van der Waals surface area contributed by atoms with Crippen LogP contribution in [-0.2, 0) is 11.3 Å². The molecule has 2 aromatic heterocycles. The van der Waals surface area contributed by atoms with Gasteiger partial charge in [0.1, 0.15) is 17.9 Å². The molecule has 3 heterocycles. The van der Waals surface area contributed by atoms with Gasteiger partial charge in [0, 0.05) is 37.5 Å². The molecule has 1 aliphatic heterocycles. The lowest BCUT2D eigenvalue weighted by molar-refractivity contribution is -0.127. The Morgan fingerprint density at radius 3 is 2.73 bits per heavy atom. The molecule has 0 unspecified atom stereocenters. The van der Waals surface area contributed by atoms with Crippen LogP contribution < -0.4 is 9.62 Å². The number of nitrogens with one attached hydrogen (secondary N) is 1. The number of likely N-dealkylation sites (N-methyl/N-ethyl adjacent to an activating group) is 1. The summed E-state index contributed by atoms with van der Waals surface area (Å²) in [5.74, 6) is -2.68. The molecule has 12 heteroatoms. The minimum absolute atomic E-state index is 0.0109. The number of aromatic nitrogens is 2. The molecule has 4 rings (SSSR count). The lowest BCUT2D eigenvalue weighted by atomic mass is 10.1. The van der Waals surface area contributed by atoms with Crippen LogP contribution in [0, 0.1) is 5.82 Å². The van der Waals surface area contributed by atoms with Gasteiger partial charge in [-0.3, -0.25) is 14.6 Å². The van der Waals surface area contributed by atoms with Crippen molar-refractivity contribution in [1.82, 2.24) is 20.2 Å². The summed E-state index contributed by atoms with van der Waals surface area (Å²) >= 11 is 0. The van der Waals surface area contributed by atoms with E-state index in [1.807, 2.05) is 0 Å². The van der Waals surface area contributed by atoms with Crippen LogP contribution in [0.1, 0.15) is 16.1 Å². The topological polar surface area (TPSA) is 145 Å². The maximum absolute atomic E-state index is 13.1. The standard InChI is InChI=1S/C21H22FN5O5S/c1-26-9-10-33(31,32)27(12-16(26)28)20-15-3-2-8-23-17(15)19(29)18(25-20)21(30)24-11-13-4-6-14(22)7-5-13/h2-8,29,31-32H,9-12H2,1H3,(H,24,30)/p-2. The van der Waals surface area contributed by atoms with Crippen molar-refractivity contribution in [1.29, 1.82) is 0 Å². The molecule has 1 aliphatic rings. The van der Waals surface area contributed by atoms with Crippen molar-refractivity contribution in [3.8, 4) is 5.75 Å². The molecule has 3 aromatic rings. The van der Waals surface area contributed by atoms with E-state index < -0.39 is 46.4 Å². The van der Waals surface area contributed by atoms with E-state index in [1.54, 1.807) is 0 Å². The van der Waals surface area contributed by atoms with Crippen LogP contribution in [0.2, 0.25) is 0 Å². The van der Waals surface area contributed by atoms with Gasteiger partial charge in [-0.2, -0.15) is 0 Å². The predicted octanol–water partition coefficient (Wildman–Crippen LogP) is 1.66. The zero-order chi connectivity index (χ0) is 23.8. The number of pyridine rings is 2. The number of rotatable bonds is 4. The summed E-state index contributed by atoms with van der Waals surface area (Å²) in [5.41, 5.74) is 0.125. The highest BCUT2D eigenvalue weighted by Crippen LogP contribution is 2.48. The van der Waals surface area contributed by atoms with Gasteiger partial charge in [-0.25, -0.2) is 9.37 Å². The predicted molar refractivity (Wildman–Crippen MR) is 118 cm³/mol. The van der Waals surface area contributed by atoms with Crippen LogP contribution in [0.4, 0.5) is 10.2 Å². The molecule has 0 spiro atoms. The van der Waals surface area contributed by atoms with Crippen molar-refractivity contribution in [2.24, 2.45) is 0 Å². The third-order valence-electron chi connectivity index (χ3n) is 5.26. The Bertz CT molecular complexity index is 1220. The van der Waals surface area contributed by atoms with E-state index in [2.05, 4.69) is 15.3 Å². The summed E-state index contributed by atoms with van der Waals surface area (Å²) in [6, 6.07) is 8.49. The van der Waals surface area contributed by atoms with Gasteiger partial charge in [-0.15, -0.1) is 0 Å². The number of hydrogen-bond donors (Lipinski definition) is 2. The molecule has 2 amide bonds. The van der Waals surface area contributed by atoms with E-state index in [-0.39, 0.29) is 35.6 Å². The molecule has 0 saturated carbocycles. The zero-order valence-corrected chi connectivity index (χ0v) is 18.3. The summed E-state index contributed by atoms with van der Waals surface area (Å²) < 4.78 is 39.8. The van der Waals surface area contributed by atoms with Crippen molar-refractivity contribution in [2.75, 3.05) is 30.2 Å². The number of hydrogen-bond acceptors (Lipinski definition) is 8. The van der Waals surface area contributed by atoms with Crippen LogP contribution >= 0.6 is 10.8 Å². The molecule has 0 radical (unpaired) electrons. The third-order valence-corrected chi connectivity index (χ3v) is 6.93. The van der Waals surface area contributed by atoms with E-state index in [9.17, 15) is 28.2 Å². The second-order valence-corrected chi connectivity index (χ2v) is 9.49. The third kappa shape index (κ3) is 4.53. The van der Waals surface area contributed by atoms with Crippen LogP contribution in [0.25, 0.3) is 10.9 Å². The zero-order valence-electron chi connectivity index (χ0n) is 17.5. The van der Waals surface area contributed by atoms with Gasteiger partial charge in [0.15, 0.2) is 17.3 Å². The van der Waals surface area contributed by atoms with E-state index >= 15 is 0 Å². The second-order valence-electron chi connectivity index (χ2n) is 7.48. The molecule has 1 fully saturated rings. The average Bonchev–Trinajstić information content (AvgIpc) is 2.90. The Morgan fingerprint density at radius 1 is 1.27 bits per heavy atom. The van der Waals surface area contributed by atoms with Gasteiger partial charge in [-0.1, -0.05) is 12.1 Å². The summed E-state index contributed by atoms with van der Waals surface area (Å²) in [6.45, 7) is -0.477. The van der Waals surface area contributed by atoms with Crippen molar-refractivity contribution >= 4 is 39.3 Å². The highest BCUT2D eigenvalue weighted by atomic mass is 32.3. The minimum Gasteiger partial charge on any atom is -0.783 e. The Kier molecular flexibility index (Phi) is 6.06. The maximum atomic E-state index is 13.1. The smallest absolute Gasteiger partial charge is 0.274 e. The molecule has 0 bridgehead atoms. The average molecular weight is 473 g/mol. The SMILES string of the molecule is CN1CCS([O-])([O-])N(c2nc(C(=O)NCc3ccc(F)cc3)c(O)c3ncccc23)CC1=O. The number of anilines is 1. The number of sulfonamides is 1. The Morgan fingerprint density at radius 2 is 2.00 bits per heavy atom. The number of carbonyl (C=O) groups excluding carboxylic acids is 2. The number of aromatic hydroxyl groups is 1. The molecule has 10 nitrogen and oxygen atoms in total. The number of halogens is 1. The number of nitrogens with zero attached hydrogens (tertiary/aromatic N) is 4. The van der Waals surface area contributed by atoms with Gasteiger partial charge in [0.2, 0.25) is 5.91 Å². The monoisotopic (exact) mass is 473 g/mol. The quantitative estimate of drug-likeness (QED) is 0.582. The maximum Gasteiger partial charge on any atom is 0.274 e. The first-order chi connectivity index (χ1) is 15.7. The minimum atomic E-state index is -3.95. The molecule has 0 aliphatic carbocycles. The Hall–Kier alpha value is -3.48. The van der Waals surface area contributed by atoms with Crippen LogP contribution in [0.3, 0.4) is 0 Å². The van der Waals surface area contributed by atoms with Crippen molar-refractivity contribution < 1.29 is 28.2 Å². The van der Waals surface area contributed by atoms with Crippen molar-refractivity contribution in [3.63, 3.8) is 0 Å². The first-order valence-electron chi connectivity index (χ1n) is 9.92. The second kappa shape index (κ2) is 8.81. The number of amides is 2. The summed E-state index contributed by atoms with van der Waals surface area (Å²) in [7, 11) is -2.45. The molecule has 2 N–H and O–H groups in total. The molecule has 33 heavy (non-hydrogen) atoms. The summed E-state index contributed by atoms with van der Waals surface area (Å²) in [4.78, 5) is 34.8. The van der Waals surface area contributed by atoms with Crippen LogP contribution in [0.5, 0.6) is 5.75 Å². The van der Waals surface area contributed by atoms with Gasteiger partial charge in [-0.05, 0) is 29.8 Å². The van der Waals surface area contributed by atoms with E-state index in [0.29, 0.717) is 5.56 Å². The first kappa shape index (κ1) is 22.7. The largest absolute Gasteiger partial charge is 0.783 e. The fourth-order valence-corrected chi connectivity index (χ4v) is 4.79. The van der Waals surface area contributed by atoms with Gasteiger partial charge in [0.25, 0.3) is 5.91 Å². The van der Waals surface area contributed by atoms with Crippen molar-refractivity contribution in [2.45, 2.75) is 6.54 Å². The molecule has 0 atom stereocenters. The fraction of sp³-hybridized carbons (Fsp3) is 0.238. The number of benzene rings is 1. The van der Waals surface area contributed by atoms with Crippen LogP contribution in [0.15, 0.2) is 42.6 Å². The summed E-state index contributed by atoms with van der Waals surface area (Å²) in [5, 5.41) is 13.4. The Labute approximate surface area is 190 Å². The highest BCUT2D eigenvalue weighted by Gasteiger charge is 2.28. The van der Waals surface area contributed by atoms with E-state index in [0.717, 1.165) is 4.31 Å². The van der Waals surface area contributed by atoms with Gasteiger partial charge >= 0.3 is 0 Å².